The molecule has 0 atom stereocenters. The van der Waals surface area contributed by atoms with Crippen LogP contribution in [0.15, 0.2) is 12.1 Å². The molecule has 0 radical (unpaired) electrons. The molecule has 86 valence electrons. The highest BCUT2D eigenvalue weighted by atomic mass is 35.5. The number of halogens is 2. The van der Waals surface area contributed by atoms with Gasteiger partial charge in [0, 0.05) is 5.56 Å². The zero-order chi connectivity index (χ0) is 11.9. The fourth-order valence-electron chi connectivity index (χ4n) is 2.10. The highest BCUT2D eigenvalue weighted by Gasteiger charge is 2.49. The van der Waals surface area contributed by atoms with E-state index in [0.717, 1.165) is 0 Å². The lowest BCUT2D eigenvalue weighted by molar-refractivity contribution is -0.147. The Morgan fingerprint density at radius 1 is 1.44 bits per heavy atom. The van der Waals surface area contributed by atoms with Crippen LogP contribution in [0.1, 0.15) is 24.8 Å². The number of phenolic OH excluding ortho intramolecular Hbond substituents is 1. The second kappa shape index (κ2) is 3.63. The first-order chi connectivity index (χ1) is 7.49. The van der Waals surface area contributed by atoms with Crippen LogP contribution in [0.5, 0.6) is 5.75 Å². The van der Waals surface area contributed by atoms with Crippen molar-refractivity contribution in [2.24, 2.45) is 0 Å². The molecule has 16 heavy (non-hydrogen) atoms. The molecule has 5 heteroatoms. The van der Waals surface area contributed by atoms with E-state index in [1.54, 1.807) is 0 Å². The van der Waals surface area contributed by atoms with Crippen molar-refractivity contribution in [3.63, 3.8) is 0 Å². The molecule has 0 bridgehead atoms. The Morgan fingerprint density at radius 2 is 2.06 bits per heavy atom. The fraction of sp³-hybridized carbons (Fsp3) is 0.364. The maximum absolute atomic E-state index is 13.8. The molecule has 1 aliphatic carbocycles. The molecule has 2 N–H and O–H groups in total. The first-order valence-electron chi connectivity index (χ1n) is 4.90. The van der Waals surface area contributed by atoms with Gasteiger partial charge in [-0.15, -0.1) is 0 Å². The van der Waals surface area contributed by atoms with Gasteiger partial charge in [-0.2, -0.15) is 0 Å². The lowest BCUT2D eigenvalue weighted by Gasteiger charge is -2.38. The molecule has 0 unspecified atom stereocenters. The minimum Gasteiger partial charge on any atom is -0.508 e. The van der Waals surface area contributed by atoms with Gasteiger partial charge in [0.05, 0.1) is 10.4 Å². The number of rotatable bonds is 2. The number of benzene rings is 1. The second-order valence-electron chi connectivity index (χ2n) is 4.00. The lowest BCUT2D eigenvalue weighted by Crippen LogP contribution is -2.43. The summed E-state index contributed by atoms with van der Waals surface area (Å²) in [4.78, 5) is 11.2. The summed E-state index contributed by atoms with van der Waals surface area (Å²) in [5, 5.41) is 18.6. The molecule has 1 aromatic rings. The van der Waals surface area contributed by atoms with Crippen LogP contribution in [0.25, 0.3) is 0 Å². The summed E-state index contributed by atoms with van der Waals surface area (Å²) in [6.07, 6.45) is 1.36. The van der Waals surface area contributed by atoms with Gasteiger partial charge in [0.1, 0.15) is 11.6 Å². The number of aliphatic carboxylic acids is 1. The van der Waals surface area contributed by atoms with E-state index >= 15 is 0 Å². The Kier molecular flexibility index (Phi) is 2.54. The third kappa shape index (κ3) is 1.37. The number of carboxylic acid groups (broad SMARTS) is 1. The van der Waals surface area contributed by atoms with Crippen molar-refractivity contribution < 1.29 is 19.4 Å². The average Bonchev–Trinajstić information content (AvgIpc) is 2.15. The van der Waals surface area contributed by atoms with Crippen LogP contribution in [0, 0.1) is 5.82 Å². The van der Waals surface area contributed by atoms with Gasteiger partial charge >= 0.3 is 5.97 Å². The normalized spacial score (nSPS) is 17.9. The highest BCUT2D eigenvalue weighted by molar-refractivity contribution is 6.30. The molecule has 0 aliphatic heterocycles. The van der Waals surface area contributed by atoms with Crippen molar-refractivity contribution >= 4 is 17.6 Å². The van der Waals surface area contributed by atoms with E-state index in [4.69, 9.17) is 16.7 Å². The van der Waals surface area contributed by atoms with E-state index in [-0.39, 0.29) is 16.3 Å². The molecule has 0 saturated heterocycles. The van der Waals surface area contributed by atoms with Crippen LogP contribution >= 0.6 is 11.6 Å². The quantitative estimate of drug-likeness (QED) is 0.841. The minimum absolute atomic E-state index is 0.166. The number of hydrogen-bond donors (Lipinski definition) is 2. The topological polar surface area (TPSA) is 57.5 Å². The van der Waals surface area contributed by atoms with Gasteiger partial charge in [-0.25, -0.2) is 4.39 Å². The van der Waals surface area contributed by atoms with Crippen LogP contribution in [0.3, 0.4) is 0 Å². The fourth-order valence-corrected chi connectivity index (χ4v) is 2.25. The molecule has 3 nitrogen and oxygen atoms in total. The Bertz CT molecular complexity index is 455. The number of phenols is 1. The monoisotopic (exact) mass is 244 g/mol. The van der Waals surface area contributed by atoms with Crippen LogP contribution < -0.4 is 0 Å². The van der Waals surface area contributed by atoms with Crippen molar-refractivity contribution in [3.05, 3.63) is 28.5 Å². The Labute approximate surface area is 96.5 Å². The van der Waals surface area contributed by atoms with E-state index < -0.39 is 17.2 Å². The molecule has 2 rings (SSSR count). The van der Waals surface area contributed by atoms with Gasteiger partial charge < -0.3 is 10.2 Å². The summed E-state index contributed by atoms with van der Waals surface area (Å²) in [6.45, 7) is 0. The number of carbonyl (C=O) groups is 1. The summed E-state index contributed by atoms with van der Waals surface area (Å²) in [5.41, 5.74) is -1.49. The van der Waals surface area contributed by atoms with Gasteiger partial charge in [0.25, 0.3) is 0 Å². The van der Waals surface area contributed by atoms with Gasteiger partial charge in [0.15, 0.2) is 0 Å². The standard InChI is InChI=1S/C11H10ClFO3/c12-6-2-3-7(14)8(9(6)13)11(10(15)16)4-1-5-11/h2-3,14H,1,4-5H2,(H,15,16). The number of hydrogen-bond acceptors (Lipinski definition) is 2. The van der Waals surface area contributed by atoms with Crippen LogP contribution in [-0.4, -0.2) is 16.2 Å². The first-order valence-corrected chi connectivity index (χ1v) is 5.28. The molecule has 0 amide bonds. The molecule has 1 saturated carbocycles. The maximum Gasteiger partial charge on any atom is 0.314 e. The Hall–Kier alpha value is -1.29. The third-order valence-electron chi connectivity index (χ3n) is 3.17. The van der Waals surface area contributed by atoms with E-state index in [0.29, 0.717) is 19.3 Å². The summed E-state index contributed by atoms with van der Waals surface area (Å²) in [6, 6.07) is 2.44. The van der Waals surface area contributed by atoms with Crippen molar-refractivity contribution in [2.45, 2.75) is 24.7 Å². The highest BCUT2D eigenvalue weighted by Crippen LogP contribution is 2.49. The second-order valence-corrected chi connectivity index (χ2v) is 4.40. The van der Waals surface area contributed by atoms with E-state index in [1.807, 2.05) is 0 Å². The molecule has 0 aromatic heterocycles. The van der Waals surface area contributed by atoms with E-state index in [2.05, 4.69) is 0 Å². The van der Waals surface area contributed by atoms with Crippen LogP contribution in [0.4, 0.5) is 4.39 Å². The SMILES string of the molecule is O=C(O)C1(c2c(O)ccc(Cl)c2F)CCC1. The Morgan fingerprint density at radius 3 is 2.50 bits per heavy atom. The molecule has 0 spiro atoms. The predicted molar refractivity (Wildman–Crippen MR) is 56.2 cm³/mol. The number of aromatic hydroxyl groups is 1. The van der Waals surface area contributed by atoms with E-state index in [9.17, 15) is 14.3 Å². The minimum atomic E-state index is -1.31. The summed E-state index contributed by atoms with van der Waals surface area (Å²) < 4.78 is 13.8. The van der Waals surface area contributed by atoms with Crippen molar-refractivity contribution in [3.8, 4) is 5.75 Å². The zero-order valence-corrected chi connectivity index (χ0v) is 9.09. The summed E-state index contributed by atoms with van der Waals surface area (Å²) in [7, 11) is 0. The number of carboxylic acids is 1. The van der Waals surface area contributed by atoms with Gasteiger partial charge in [-0.05, 0) is 25.0 Å². The first kappa shape index (κ1) is 11.2. The van der Waals surface area contributed by atoms with Crippen molar-refractivity contribution in [1.82, 2.24) is 0 Å². The molecule has 1 aromatic carbocycles. The smallest absolute Gasteiger partial charge is 0.314 e. The van der Waals surface area contributed by atoms with Crippen LogP contribution in [-0.2, 0) is 10.2 Å². The van der Waals surface area contributed by atoms with Crippen LogP contribution in [0.2, 0.25) is 5.02 Å². The van der Waals surface area contributed by atoms with Gasteiger partial charge in [-0.3, -0.25) is 4.79 Å². The molecular formula is C11H10ClFO3. The lowest BCUT2D eigenvalue weighted by atomic mass is 9.64. The van der Waals surface area contributed by atoms with Gasteiger partial charge in [0.2, 0.25) is 0 Å². The molecule has 1 fully saturated rings. The Balaban J connectivity index is 2.63. The van der Waals surface area contributed by atoms with Crippen molar-refractivity contribution in [2.75, 3.05) is 0 Å². The molecular weight excluding hydrogens is 235 g/mol. The molecule has 0 heterocycles. The maximum atomic E-state index is 13.8. The van der Waals surface area contributed by atoms with Gasteiger partial charge in [-0.1, -0.05) is 18.0 Å². The largest absolute Gasteiger partial charge is 0.508 e. The predicted octanol–water partition coefficient (Wildman–Crippen LogP) is 2.69. The van der Waals surface area contributed by atoms with E-state index in [1.165, 1.54) is 12.1 Å². The molecule has 1 aliphatic rings. The average molecular weight is 245 g/mol. The zero-order valence-electron chi connectivity index (χ0n) is 8.33. The summed E-state index contributed by atoms with van der Waals surface area (Å²) >= 11 is 5.60. The van der Waals surface area contributed by atoms with Crippen molar-refractivity contribution in [1.29, 1.82) is 0 Å². The third-order valence-corrected chi connectivity index (χ3v) is 3.46. The summed E-state index contributed by atoms with van der Waals surface area (Å²) in [5.74, 6) is -2.29.